The molecule has 3 rings (SSSR count). The van der Waals surface area contributed by atoms with E-state index in [1.54, 1.807) is 36.8 Å². The van der Waals surface area contributed by atoms with Gasteiger partial charge in [0.2, 0.25) is 5.88 Å². The number of carbonyl (C=O) groups is 1. The Labute approximate surface area is 129 Å². The molecule has 3 heterocycles. The molecule has 0 unspecified atom stereocenters. The van der Waals surface area contributed by atoms with Crippen LogP contribution < -0.4 is 4.74 Å². The summed E-state index contributed by atoms with van der Waals surface area (Å²) in [6.07, 6.45) is 6.76. The van der Waals surface area contributed by atoms with Crippen molar-refractivity contribution >= 4 is 5.91 Å². The summed E-state index contributed by atoms with van der Waals surface area (Å²) in [5.41, 5.74) is 0.661. The Morgan fingerprint density at radius 2 is 2.09 bits per heavy atom. The van der Waals surface area contributed by atoms with Gasteiger partial charge in [-0.1, -0.05) is 0 Å². The first-order valence-corrected chi connectivity index (χ1v) is 7.38. The molecule has 1 saturated heterocycles. The number of likely N-dealkylation sites (tertiary alicyclic amines) is 1. The molecule has 6 nitrogen and oxygen atoms in total. The Bertz CT molecular complexity index is 648. The molecule has 0 spiro atoms. The summed E-state index contributed by atoms with van der Waals surface area (Å²) >= 11 is 0. The largest absolute Gasteiger partial charge is 0.472 e. The number of nitrogens with zero attached hydrogens (tertiary/aromatic N) is 4. The lowest BCUT2D eigenvalue weighted by molar-refractivity contribution is 0.0527. The van der Waals surface area contributed by atoms with E-state index >= 15 is 0 Å². The number of ether oxygens (including phenoxy) is 1. The number of aryl methyl sites for hydroxylation is 1. The molecule has 0 radical (unpaired) electrons. The standard InChI is InChI=1S/C16H18N4O2/c1-12-18-9-6-15(19-12)22-14-3-2-10-20(11-14)16(21)13-4-7-17-8-5-13/h4-9,14H,2-3,10-11H2,1H3/t14-/m0/s1. The fourth-order valence-corrected chi connectivity index (χ4v) is 2.57. The van der Waals surface area contributed by atoms with Crippen molar-refractivity contribution in [2.45, 2.75) is 25.9 Å². The van der Waals surface area contributed by atoms with Crippen molar-refractivity contribution in [3.63, 3.8) is 0 Å². The van der Waals surface area contributed by atoms with E-state index in [0.29, 0.717) is 23.8 Å². The number of carbonyl (C=O) groups excluding carboxylic acids is 1. The Hall–Kier alpha value is -2.50. The maximum absolute atomic E-state index is 12.5. The van der Waals surface area contributed by atoms with Gasteiger partial charge in [-0.25, -0.2) is 4.98 Å². The topological polar surface area (TPSA) is 68.2 Å². The van der Waals surface area contributed by atoms with Crippen LogP contribution in [0.3, 0.4) is 0 Å². The Morgan fingerprint density at radius 3 is 2.86 bits per heavy atom. The van der Waals surface area contributed by atoms with Crippen molar-refractivity contribution in [1.29, 1.82) is 0 Å². The van der Waals surface area contributed by atoms with Crippen LogP contribution in [0.2, 0.25) is 0 Å². The van der Waals surface area contributed by atoms with Crippen LogP contribution in [-0.4, -0.2) is 45.0 Å². The lowest BCUT2D eigenvalue weighted by Gasteiger charge is -2.32. The van der Waals surface area contributed by atoms with Crippen LogP contribution in [0.5, 0.6) is 5.88 Å². The van der Waals surface area contributed by atoms with Crippen LogP contribution in [0, 0.1) is 6.92 Å². The zero-order valence-electron chi connectivity index (χ0n) is 12.5. The van der Waals surface area contributed by atoms with Crippen LogP contribution in [0.4, 0.5) is 0 Å². The molecule has 0 aromatic carbocycles. The van der Waals surface area contributed by atoms with Crippen molar-refractivity contribution in [2.24, 2.45) is 0 Å². The molecule has 1 atom stereocenters. The van der Waals surface area contributed by atoms with Crippen molar-refractivity contribution in [2.75, 3.05) is 13.1 Å². The predicted octanol–water partition coefficient (Wildman–Crippen LogP) is 1.86. The van der Waals surface area contributed by atoms with E-state index in [-0.39, 0.29) is 12.0 Å². The quantitative estimate of drug-likeness (QED) is 0.865. The maximum atomic E-state index is 12.5. The lowest BCUT2D eigenvalue weighted by atomic mass is 10.1. The molecule has 114 valence electrons. The zero-order valence-corrected chi connectivity index (χ0v) is 12.5. The molecule has 1 fully saturated rings. The van der Waals surface area contributed by atoms with Gasteiger partial charge in [0.05, 0.1) is 6.54 Å². The lowest BCUT2D eigenvalue weighted by Crippen LogP contribution is -2.44. The molecule has 0 aliphatic carbocycles. The average molecular weight is 298 g/mol. The molecule has 22 heavy (non-hydrogen) atoms. The average Bonchev–Trinajstić information content (AvgIpc) is 2.55. The molecule has 0 bridgehead atoms. The third-order valence-electron chi connectivity index (χ3n) is 3.63. The predicted molar refractivity (Wildman–Crippen MR) is 80.6 cm³/mol. The molecule has 0 saturated carbocycles. The summed E-state index contributed by atoms with van der Waals surface area (Å²) in [6.45, 7) is 3.15. The maximum Gasteiger partial charge on any atom is 0.254 e. The summed E-state index contributed by atoms with van der Waals surface area (Å²) in [5.74, 6) is 1.27. The Kier molecular flexibility index (Phi) is 4.27. The van der Waals surface area contributed by atoms with Gasteiger partial charge in [-0.2, -0.15) is 4.98 Å². The number of rotatable bonds is 3. The number of hydrogen-bond donors (Lipinski definition) is 0. The van der Waals surface area contributed by atoms with Gasteiger partial charge in [0.1, 0.15) is 11.9 Å². The smallest absolute Gasteiger partial charge is 0.254 e. The molecule has 1 aliphatic rings. The van der Waals surface area contributed by atoms with Crippen LogP contribution in [0.25, 0.3) is 0 Å². The number of hydrogen-bond acceptors (Lipinski definition) is 5. The highest BCUT2D eigenvalue weighted by Gasteiger charge is 2.25. The minimum Gasteiger partial charge on any atom is -0.472 e. The number of amides is 1. The highest BCUT2D eigenvalue weighted by molar-refractivity contribution is 5.94. The minimum atomic E-state index is -0.0335. The van der Waals surface area contributed by atoms with Gasteiger partial charge < -0.3 is 9.64 Å². The van der Waals surface area contributed by atoms with Crippen LogP contribution >= 0.6 is 0 Å². The zero-order chi connectivity index (χ0) is 15.4. The van der Waals surface area contributed by atoms with Gasteiger partial charge in [-0.3, -0.25) is 9.78 Å². The van der Waals surface area contributed by atoms with Gasteiger partial charge in [0.25, 0.3) is 5.91 Å². The van der Waals surface area contributed by atoms with E-state index in [0.717, 1.165) is 19.4 Å². The first-order valence-electron chi connectivity index (χ1n) is 7.38. The van der Waals surface area contributed by atoms with E-state index < -0.39 is 0 Å². The molecule has 1 aliphatic heterocycles. The van der Waals surface area contributed by atoms with Gasteiger partial charge in [0, 0.05) is 36.8 Å². The van der Waals surface area contributed by atoms with E-state index in [9.17, 15) is 4.79 Å². The number of piperidine rings is 1. The van der Waals surface area contributed by atoms with Crippen molar-refractivity contribution < 1.29 is 9.53 Å². The van der Waals surface area contributed by atoms with Crippen molar-refractivity contribution in [3.8, 4) is 5.88 Å². The Balaban J connectivity index is 1.65. The number of pyridine rings is 1. The first-order chi connectivity index (χ1) is 10.7. The highest BCUT2D eigenvalue weighted by Crippen LogP contribution is 2.18. The van der Waals surface area contributed by atoms with E-state index in [1.165, 1.54) is 0 Å². The van der Waals surface area contributed by atoms with E-state index in [4.69, 9.17) is 4.74 Å². The Morgan fingerprint density at radius 1 is 1.27 bits per heavy atom. The third-order valence-corrected chi connectivity index (χ3v) is 3.63. The van der Waals surface area contributed by atoms with Crippen LogP contribution in [0.1, 0.15) is 29.0 Å². The molecule has 6 heteroatoms. The number of aromatic nitrogens is 3. The van der Waals surface area contributed by atoms with E-state index in [2.05, 4.69) is 15.0 Å². The summed E-state index contributed by atoms with van der Waals surface area (Å²) in [5, 5.41) is 0. The minimum absolute atomic E-state index is 0.0227. The molecular weight excluding hydrogens is 280 g/mol. The molecule has 0 N–H and O–H groups in total. The van der Waals surface area contributed by atoms with Crippen molar-refractivity contribution in [3.05, 3.63) is 48.2 Å². The molecule has 2 aromatic heterocycles. The third kappa shape index (κ3) is 3.39. The second kappa shape index (κ2) is 6.51. The van der Waals surface area contributed by atoms with Crippen LogP contribution in [0.15, 0.2) is 36.8 Å². The fraction of sp³-hybridized carbons (Fsp3) is 0.375. The summed E-state index contributed by atoms with van der Waals surface area (Å²) in [4.78, 5) is 26.5. The molecule has 2 aromatic rings. The van der Waals surface area contributed by atoms with Gasteiger partial charge in [-0.15, -0.1) is 0 Å². The van der Waals surface area contributed by atoms with Crippen molar-refractivity contribution in [1.82, 2.24) is 19.9 Å². The van der Waals surface area contributed by atoms with E-state index in [1.807, 2.05) is 11.8 Å². The second-order valence-electron chi connectivity index (χ2n) is 5.31. The first kappa shape index (κ1) is 14.4. The summed E-state index contributed by atoms with van der Waals surface area (Å²) < 4.78 is 5.90. The van der Waals surface area contributed by atoms with Gasteiger partial charge in [0.15, 0.2) is 0 Å². The second-order valence-corrected chi connectivity index (χ2v) is 5.31. The molecule has 1 amide bonds. The summed E-state index contributed by atoms with van der Waals surface area (Å²) in [6, 6.07) is 5.22. The van der Waals surface area contributed by atoms with Gasteiger partial charge >= 0.3 is 0 Å². The molecular formula is C16H18N4O2. The highest BCUT2D eigenvalue weighted by atomic mass is 16.5. The van der Waals surface area contributed by atoms with Gasteiger partial charge in [-0.05, 0) is 31.9 Å². The van der Waals surface area contributed by atoms with Crippen LogP contribution in [-0.2, 0) is 0 Å². The summed E-state index contributed by atoms with van der Waals surface area (Å²) in [7, 11) is 0. The fourth-order valence-electron chi connectivity index (χ4n) is 2.57. The normalized spacial score (nSPS) is 18.0. The monoisotopic (exact) mass is 298 g/mol. The SMILES string of the molecule is Cc1nccc(O[C@H]2CCCN(C(=O)c3ccncc3)C2)n1.